The minimum atomic E-state index is 0.119. The summed E-state index contributed by atoms with van der Waals surface area (Å²) >= 11 is 3.36. The summed E-state index contributed by atoms with van der Waals surface area (Å²) in [6.07, 6.45) is 0. The van der Waals surface area contributed by atoms with E-state index in [4.69, 9.17) is 15.7 Å². The summed E-state index contributed by atoms with van der Waals surface area (Å²) in [7, 11) is 0. The second-order valence-corrected chi connectivity index (χ2v) is 4.95. The van der Waals surface area contributed by atoms with Crippen LogP contribution in [0.2, 0.25) is 0 Å². The van der Waals surface area contributed by atoms with Gasteiger partial charge in [0, 0.05) is 10.2 Å². The highest BCUT2D eigenvalue weighted by Crippen LogP contribution is 2.32. The van der Waals surface area contributed by atoms with Gasteiger partial charge in [0.05, 0.1) is 5.69 Å². The number of nitriles is 1. The number of benzene rings is 1. The number of nitrogens with two attached hydrogens (primary N) is 1. The van der Waals surface area contributed by atoms with Gasteiger partial charge in [-0.05, 0) is 37.6 Å². The fourth-order valence-corrected chi connectivity index (χ4v) is 2.22. The largest absolute Gasteiger partial charge is 0.422 e. The Kier molecular flexibility index (Phi) is 3.67. The zero-order chi connectivity index (χ0) is 14.0. The van der Waals surface area contributed by atoms with Crippen LogP contribution in [-0.4, -0.2) is 9.97 Å². The third kappa shape index (κ3) is 3.01. The molecule has 0 spiro atoms. The first-order valence-electron chi connectivity index (χ1n) is 5.49. The SMILES string of the molecule is Cc1cc(C#N)nc(Oc2c(C)cc(Br)cc2N)n1. The highest BCUT2D eigenvalue weighted by molar-refractivity contribution is 9.10. The molecule has 0 amide bonds. The highest BCUT2D eigenvalue weighted by atomic mass is 79.9. The Morgan fingerprint density at radius 1 is 1.26 bits per heavy atom. The molecule has 0 aliphatic carbocycles. The molecule has 0 radical (unpaired) electrons. The minimum Gasteiger partial charge on any atom is -0.422 e. The number of halogens is 1. The second-order valence-electron chi connectivity index (χ2n) is 4.03. The average Bonchev–Trinajstić information content (AvgIpc) is 2.33. The number of hydrogen-bond acceptors (Lipinski definition) is 5. The Bertz CT molecular complexity index is 656. The second kappa shape index (κ2) is 5.24. The van der Waals surface area contributed by atoms with Crippen LogP contribution in [0.15, 0.2) is 22.7 Å². The molecule has 2 rings (SSSR count). The summed E-state index contributed by atoms with van der Waals surface area (Å²) in [6, 6.07) is 7.29. The maximum absolute atomic E-state index is 8.87. The van der Waals surface area contributed by atoms with Crippen LogP contribution in [0.25, 0.3) is 0 Å². The summed E-state index contributed by atoms with van der Waals surface area (Å²) in [5.41, 5.74) is 8.16. The van der Waals surface area contributed by atoms with Crippen molar-refractivity contribution in [3.63, 3.8) is 0 Å². The average molecular weight is 319 g/mol. The van der Waals surface area contributed by atoms with Crippen molar-refractivity contribution in [3.8, 4) is 17.8 Å². The lowest BCUT2D eigenvalue weighted by Gasteiger charge is -2.11. The van der Waals surface area contributed by atoms with Crippen molar-refractivity contribution >= 4 is 21.6 Å². The molecular weight excluding hydrogens is 308 g/mol. The Hall–Kier alpha value is -2.13. The van der Waals surface area contributed by atoms with E-state index < -0.39 is 0 Å². The number of aromatic nitrogens is 2. The highest BCUT2D eigenvalue weighted by Gasteiger charge is 2.10. The van der Waals surface area contributed by atoms with Crippen molar-refractivity contribution in [2.75, 3.05) is 5.73 Å². The van der Waals surface area contributed by atoms with E-state index in [1.807, 2.05) is 19.1 Å². The Labute approximate surface area is 119 Å². The summed E-state index contributed by atoms with van der Waals surface area (Å²) in [5, 5.41) is 8.87. The van der Waals surface area contributed by atoms with E-state index in [0.29, 0.717) is 17.1 Å². The fraction of sp³-hybridized carbons (Fsp3) is 0.154. The topological polar surface area (TPSA) is 84.8 Å². The van der Waals surface area contributed by atoms with Crippen molar-refractivity contribution in [1.29, 1.82) is 5.26 Å². The van der Waals surface area contributed by atoms with Gasteiger partial charge in [0.15, 0.2) is 5.75 Å². The number of nitrogens with zero attached hydrogens (tertiary/aromatic N) is 3. The smallest absolute Gasteiger partial charge is 0.323 e. The maximum atomic E-state index is 8.87. The molecule has 0 saturated carbocycles. The molecule has 0 atom stereocenters. The molecule has 6 heteroatoms. The third-order valence-corrected chi connectivity index (χ3v) is 2.87. The minimum absolute atomic E-state index is 0.119. The Balaban J connectivity index is 2.42. The third-order valence-electron chi connectivity index (χ3n) is 2.41. The van der Waals surface area contributed by atoms with Crippen molar-refractivity contribution in [2.45, 2.75) is 13.8 Å². The molecule has 1 heterocycles. The van der Waals surface area contributed by atoms with Gasteiger partial charge in [0.1, 0.15) is 11.8 Å². The van der Waals surface area contributed by atoms with Gasteiger partial charge < -0.3 is 10.5 Å². The van der Waals surface area contributed by atoms with Gasteiger partial charge in [-0.15, -0.1) is 0 Å². The van der Waals surface area contributed by atoms with Crippen LogP contribution < -0.4 is 10.5 Å². The molecule has 5 nitrogen and oxygen atoms in total. The molecular formula is C13H11BrN4O. The molecule has 0 bridgehead atoms. The zero-order valence-corrected chi connectivity index (χ0v) is 12.0. The first kappa shape index (κ1) is 13.3. The molecule has 2 aromatic rings. The van der Waals surface area contributed by atoms with Crippen molar-refractivity contribution in [1.82, 2.24) is 9.97 Å². The number of nitrogen functional groups attached to an aromatic ring is 1. The molecule has 0 aliphatic rings. The lowest BCUT2D eigenvalue weighted by Crippen LogP contribution is -2.00. The van der Waals surface area contributed by atoms with Crippen LogP contribution in [0.4, 0.5) is 5.69 Å². The van der Waals surface area contributed by atoms with E-state index in [9.17, 15) is 0 Å². The molecule has 19 heavy (non-hydrogen) atoms. The summed E-state index contributed by atoms with van der Waals surface area (Å²) in [5.74, 6) is 0.498. The van der Waals surface area contributed by atoms with Crippen LogP contribution in [0.3, 0.4) is 0 Å². The molecule has 1 aromatic heterocycles. The number of ether oxygens (including phenoxy) is 1. The van der Waals surface area contributed by atoms with Gasteiger partial charge in [0.2, 0.25) is 0 Å². The van der Waals surface area contributed by atoms with Crippen LogP contribution >= 0.6 is 15.9 Å². The van der Waals surface area contributed by atoms with E-state index >= 15 is 0 Å². The molecule has 2 N–H and O–H groups in total. The summed E-state index contributed by atoms with van der Waals surface area (Å²) in [4.78, 5) is 8.12. The molecule has 0 saturated heterocycles. The predicted molar refractivity (Wildman–Crippen MR) is 74.8 cm³/mol. The van der Waals surface area contributed by atoms with Crippen LogP contribution in [0.5, 0.6) is 11.8 Å². The number of rotatable bonds is 2. The number of hydrogen-bond donors (Lipinski definition) is 1. The molecule has 0 aliphatic heterocycles. The molecule has 1 aromatic carbocycles. The van der Waals surface area contributed by atoms with E-state index in [0.717, 1.165) is 10.0 Å². The normalized spacial score (nSPS) is 10.0. The van der Waals surface area contributed by atoms with Crippen molar-refractivity contribution in [3.05, 3.63) is 39.6 Å². The van der Waals surface area contributed by atoms with Gasteiger partial charge >= 0.3 is 6.01 Å². The van der Waals surface area contributed by atoms with Crippen LogP contribution in [0.1, 0.15) is 17.0 Å². The zero-order valence-electron chi connectivity index (χ0n) is 10.4. The predicted octanol–water partition coefficient (Wildman–Crippen LogP) is 3.10. The van der Waals surface area contributed by atoms with Gasteiger partial charge in [-0.25, -0.2) is 4.98 Å². The quantitative estimate of drug-likeness (QED) is 0.860. The molecule has 0 fully saturated rings. The van der Waals surface area contributed by atoms with Crippen molar-refractivity contribution in [2.24, 2.45) is 0 Å². The fourth-order valence-electron chi connectivity index (χ4n) is 1.63. The van der Waals surface area contributed by atoms with Gasteiger partial charge in [-0.2, -0.15) is 10.2 Å². The van der Waals surface area contributed by atoms with Gasteiger partial charge in [-0.1, -0.05) is 15.9 Å². The van der Waals surface area contributed by atoms with Crippen LogP contribution in [0, 0.1) is 25.2 Å². The van der Waals surface area contributed by atoms with E-state index in [2.05, 4.69) is 25.9 Å². The summed E-state index contributed by atoms with van der Waals surface area (Å²) in [6.45, 7) is 3.64. The van der Waals surface area contributed by atoms with Crippen molar-refractivity contribution < 1.29 is 4.74 Å². The van der Waals surface area contributed by atoms with E-state index in [-0.39, 0.29) is 11.7 Å². The lowest BCUT2D eigenvalue weighted by atomic mass is 10.2. The maximum Gasteiger partial charge on any atom is 0.323 e. The van der Waals surface area contributed by atoms with Gasteiger partial charge in [0.25, 0.3) is 0 Å². The monoisotopic (exact) mass is 318 g/mol. The van der Waals surface area contributed by atoms with E-state index in [1.54, 1.807) is 19.1 Å². The lowest BCUT2D eigenvalue weighted by molar-refractivity contribution is 0.438. The summed E-state index contributed by atoms with van der Waals surface area (Å²) < 4.78 is 6.47. The Morgan fingerprint density at radius 3 is 2.63 bits per heavy atom. The first-order chi connectivity index (χ1) is 8.99. The Morgan fingerprint density at radius 2 is 2.00 bits per heavy atom. The standard InChI is InChI=1S/C13H11BrN4O/c1-7-3-9(14)5-11(16)12(7)19-13-17-8(2)4-10(6-15)18-13/h3-5H,16H2,1-2H3. The van der Waals surface area contributed by atoms with E-state index in [1.165, 1.54) is 0 Å². The first-order valence-corrected chi connectivity index (χ1v) is 6.28. The van der Waals surface area contributed by atoms with Crippen LogP contribution in [-0.2, 0) is 0 Å². The van der Waals surface area contributed by atoms with Gasteiger partial charge in [-0.3, -0.25) is 0 Å². The number of aryl methyl sites for hydroxylation is 2. The molecule has 96 valence electrons. The molecule has 0 unspecified atom stereocenters. The number of anilines is 1.